The van der Waals surface area contributed by atoms with Gasteiger partial charge in [0.15, 0.2) is 5.78 Å². The molecule has 0 radical (unpaired) electrons. The molecule has 0 aromatic heterocycles. The molecule has 0 aliphatic carbocycles. The molecule has 0 aliphatic rings. The Morgan fingerprint density at radius 2 is 2.05 bits per heavy atom. The lowest BCUT2D eigenvalue weighted by atomic mass is 9.91. The van der Waals surface area contributed by atoms with E-state index in [-0.39, 0.29) is 10.8 Å². The highest BCUT2D eigenvalue weighted by atomic mass is 79.9. The van der Waals surface area contributed by atoms with Crippen LogP contribution in [0.4, 0.5) is 4.39 Å². The zero-order valence-corrected chi connectivity index (χ0v) is 13.4. The number of carbonyl (C=O) groups is 1. The van der Waals surface area contributed by atoms with Gasteiger partial charge in [-0.2, -0.15) is 5.26 Å². The van der Waals surface area contributed by atoms with E-state index in [0.717, 1.165) is 16.1 Å². The van der Waals surface area contributed by atoms with E-state index >= 15 is 0 Å². The lowest BCUT2D eigenvalue weighted by Crippen LogP contribution is -2.12. The molecule has 0 spiro atoms. The molecule has 106 valence electrons. The highest BCUT2D eigenvalue weighted by molar-refractivity contribution is 9.10. The number of carbonyl (C=O) groups excluding carboxylic acids is 1. The Morgan fingerprint density at radius 1 is 1.33 bits per heavy atom. The second kappa shape index (κ2) is 6.38. The number of hydrogen-bond acceptors (Lipinski definition) is 2. The second-order valence-electron chi connectivity index (χ2n) is 4.56. The average Bonchev–Trinajstić information content (AvgIpc) is 2.44. The van der Waals surface area contributed by atoms with Gasteiger partial charge in [-0.15, -0.1) is 0 Å². The van der Waals surface area contributed by atoms with E-state index in [9.17, 15) is 14.4 Å². The second-order valence-corrected chi connectivity index (χ2v) is 5.82. The summed E-state index contributed by atoms with van der Waals surface area (Å²) in [4.78, 5) is 12.5. The van der Waals surface area contributed by atoms with Gasteiger partial charge in [-0.25, -0.2) is 4.39 Å². The van der Waals surface area contributed by atoms with Crippen molar-refractivity contribution < 1.29 is 9.18 Å². The fourth-order valence-electron chi connectivity index (χ4n) is 1.92. The van der Waals surface area contributed by atoms with Gasteiger partial charge < -0.3 is 0 Å². The molecule has 0 amide bonds. The van der Waals surface area contributed by atoms with Gasteiger partial charge in [-0.1, -0.05) is 45.7 Å². The standard InChI is InChI=1S/C16H10BrClFNO/c1-9-2-3-10(6-14(9)17)16(21)13(8-20)12-5-4-11(19)7-15(12)18/h2-7,13H,1H3. The maximum Gasteiger partial charge on any atom is 0.184 e. The minimum atomic E-state index is -1.06. The predicted octanol–water partition coefficient (Wildman–Crippen LogP) is 5.04. The van der Waals surface area contributed by atoms with Crippen LogP contribution in [-0.2, 0) is 0 Å². The third-order valence-electron chi connectivity index (χ3n) is 3.12. The number of rotatable bonds is 3. The van der Waals surface area contributed by atoms with Crippen molar-refractivity contribution in [1.29, 1.82) is 5.26 Å². The zero-order valence-electron chi connectivity index (χ0n) is 11.0. The number of halogens is 3. The Labute approximate surface area is 135 Å². The molecular formula is C16H10BrClFNO. The Hall–Kier alpha value is -1.70. The van der Waals surface area contributed by atoms with E-state index in [0.29, 0.717) is 11.1 Å². The van der Waals surface area contributed by atoms with E-state index in [1.54, 1.807) is 18.2 Å². The van der Waals surface area contributed by atoms with Crippen molar-refractivity contribution in [2.45, 2.75) is 12.8 Å². The lowest BCUT2D eigenvalue weighted by Gasteiger charge is -2.11. The number of nitrogens with zero attached hydrogens (tertiary/aromatic N) is 1. The monoisotopic (exact) mass is 365 g/mol. The predicted molar refractivity (Wildman–Crippen MR) is 83.0 cm³/mol. The lowest BCUT2D eigenvalue weighted by molar-refractivity contribution is 0.0979. The highest BCUT2D eigenvalue weighted by Gasteiger charge is 2.24. The van der Waals surface area contributed by atoms with Crippen LogP contribution < -0.4 is 0 Å². The van der Waals surface area contributed by atoms with E-state index in [1.807, 2.05) is 13.0 Å². The summed E-state index contributed by atoms with van der Waals surface area (Å²) in [6.07, 6.45) is 0. The van der Waals surface area contributed by atoms with Crippen LogP contribution in [0.5, 0.6) is 0 Å². The van der Waals surface area contributed by atoms with E-state index in [1.165, 1.54) is 12.1 Å². The summed E-state index contributed by atoms with van der Waals surface area (Å²) in [7, 11) is 0. The SMILES string of the molecule is Cc1ccc(C(=O)C(C#N)c2ccc(F)cc2Cl)cc1Br. The van der Waals surface area contributed by atoms with Crippen molar-refractivity contribution in [2.75, 3.05) is 0 Å². The van der Waals surface area contributed by atoms with Crippen LogP contribution in [0.25, 0.3) is 0 Å². The Morgan fingerprint density at radius 3 is 2.62 bits per heavy atom. The molecule has 21 heavy (non-hydrogen) atoms. The fraction of sp³-hybridized carbons (Fsp3) is 0.125. The van der Waals surface area contributed by atoms with Gasteiger partial charge >= 0.3 is 0 Å². The van der Waals surface area contributed by atoms with E-state index < -0.39 is 11.7 Å². The third kappa shape index (κ3) is 3.31. The quantitative estimate of drug-likeness (QED) is 0.714. The number of aryl methyl sites for hydroxylation is 1. The summed E-state index contributed by atoms with van der Waals surface area (Å²) in [5.74, 6) is -1.94. The van der Waals surface area contributed by atoms with Crippen molar-refractivity contribution >= 4 is 33.3 Å². The number of Topliss-reactive ketones (excluding diaryl/α,β-unsaturated/α-hetero) is 1. The van der Waals surface area contributed by atoms with Crippen molar-refractivity contribution in [3.63, 3.8) is 0 Å². The van der Waals surface area contributed by atoms with Crippen molar-refractivity contribution in [2.24, 2.45) is 0 Å². The molecule has 2 rings (SSSR count). The molecule has 2 aromatic carbocycles. The molecular weight excluding hydrogens is 357 g/mol. The van der Waals surface area contributed by atoms with Crippen molar-refractivity contribution in [3.8, 4) is 6.07 Å². The topological polar surface area (TPSA) is 40.9 Å². The zero-order chi connectivity index (χ0) is 15.6. The molecule has 0 saturated heterocycles. The maximum atomic E-state index is 13.1. The first kappa shape index (κ1) is 15.7. The minimum absolute atomic E-state index is 0.0704. The number of hydrogen-bond donors (Lipinski definition) is 0. The molecule has 5 heteroatoms. The highest BCUT2D eigenvalue weighted by Crippen LogP contribution is 2.29. The molecule has 2 aromatic rings. The van der Waals surface area contributed by atoms with Gasteiger partial charge in [0.05, 0.1) is 6.07 Å². The van der Waals surface area contributed by atoms with Gasteiger partial charge in [0, 0.05) is 15.1 Å². The Balaban J connectivity index is 2.43. The van der Waals surface area contributed by atoms with Crippen LogP contribution in [0.1, 0.15) is 27.4 Å². The van der Waals surface area contributed by atoms with Crippen LogP contribution >= 0.6 is 27.5 Å². The van der Waals surface area contributed by atoms with Crippen molar-refractivity contribution in [3.05, 3.63) is 68.4 Å². The molecule has 0 N–H and O–H groups in total. The largest absolute Gasteiger partial charge is 0.292 e. The minimum Gasteiger partial charge on any atom is -0.292 e. The van der Waals surface area contributed by atoms with Crippen molar-refractivity contribution in [1.82, 2.24) is 0 Å². The first-order chi connectivity index (χ1) is 9.93. The maximum absolute atomic E-state index is 13.1. The molecule has 0 saturated carbocycles. The first-order valence-corrected chi connectivity index (χ1v) is 7.26. The van der Waals surface area contributed by atoms with Crippen LogP contribution in [0.15, 0.2) is 40.9 Å². The first-order valence-electron chi connectivity index (χ1n) is 6.09. The smallest absolute Gasteiger partial charge is 0.184 e. The number of ketones is 1. The summed E-state index contributed by atoms with van der Waals surface area (Å²) < 4.78 is 13.9. The van der Waals surface area contributed by atoms with Crippen LogP contribution in [-0.4, -0.2) is 5.78 Å². The van der Waals surface area contributed by atoms with Gasteiger partial charge in [0.2, 0.25) is 0 Å². The summed E-state index contributed by atoms with van der Waals surface area (Å²) >= 11 is 9.29. The van der Waals surface area contributed by atoms with Crippen LogP contribution in [0.2, 0.25) is 5.02 Å². The molecule has 1 atom stereocenters. The molecule has 1 unspecified atom stereocenters. The van der Waals surface area contributed by atoms with Crippen LogP contribution in [0, 0.1) is 24.1 Å². The van der Waals surface area contributed by atoms with Gasteiger partial charge in [-0.3, -0.25) is 4.79 Å². The third-order valence-corrected chi connectivity index (χ3v) is 4.30. The number of benzene rings is 2. The summed E-state index contributed by atoms with van der Waals surface area (Å²) in [6.45, 7) is 1.90. The molecule has 0 bridgehead atoms. The Kier molecular flexibility index (Phi) is 4.76. The molecule has 2 nitrogen and oxygen atoms in total. The average molecular weight is 367 g/mol. The van der Waals surface area contributed by atoms with Gasteiger partial charge in [0.25, 0.3) is 0 Å². The normalized spacial score (nSPS) is 11.8. The molecule has 0 aliphatic heterocycles. The fourth-order valence-corrected chi connectivity index (χ4v) is 2.57. The van der Waals surface area contributed by atoms with Gasteiger partial charge in [0.1, 0.15) is 11.7 Å². The van der Waals surface area contributed by atoms with E-state index in [4.69, 9.17) is 11.6 Å². The summed E-state index contributed by atoms with van der Waals surface area (Å²) in [5.41, 5.74) is 1.70. The number of nitriles is 1. The Bertz CT molecular complexity index is 754. The van der Waals surface area contributed by atoms with Crippen LogP contribution in [0.3, 0.4) is 0 Å². The van der Waals surface area contributed by atoms with E-state index in [2.05, 4.69) is 15.9 Å². The summed E-state index contributed by atoms with van der Waals surface area (Å²) in [5, 5.41) is 9.36. The molecule has 0 fully saturated rings. The van der Waals surface area contributed by atoms with Gasteiger partial charge in [-0.05, 0) is 36.2 Å². The molecule has 0 heterocycles. The summed E-state index contributed by atoms with van der Waals surface area (Å²) in [6, 6.07) is 10.7.